The smallest absolute Gasteiger partial charge is 0.340 e. The molecule has 7 nitrogen and oxygen atoms in total. The Bertz CT molecular complexity index is 1140. The van der Waals surface area contributed by atoms with E-state index in [4.69, 9.17) is 4.74 Å². The normalized spacial score (nSPS) is 13.5. The molecule has 2 aromatic rings. The number of fused-ring (bicyclic) bond motifs is 1. The van der Waals surface area contributed by atoms with Gasteiger partial charge in [-0.3, -0.25) is 9.52 Å². The van der Waals surface area contributed by atoms with Crippen molar-refractivity contribution in [3.63, 3.8) is 0 Å². The van der Waals surface area contributed by atoms with Crippen LogP contribution in [0.5, 0.6) is 0 Å². The molecule has 0 bridgehead atoms. The van der Waals surface area contributed by atoms with Crippen LogP contribution in [0.1, 0.15) is 44.8 Å². The Labute approximate surface area is 186 Å². The molecule has 1 aromatic heterocycles. The van der Waals surface area contributed by atoms with E-state index in [0.29, 0.717) is 41.9 Å². The average Bonchev–Trinajstić information content (AvgIpc) is 3.14. The van der Waals surface area contributed by atoms with Crippen molar-refractivity contribution in [3.05, 3.63) is 58.0 Å². The first-order chi connectivity index (χ1) is 14.7. The number of carbonyl (C=O) groups excluding carboxylic acids is 2. The van der Waals surface area contributed by atoms with Crippen LogP contribution in [0, 0.1) is 13.8 Å². The molecule has 1 amide bonds. The topological polar surface area (TPSA) is 92.8 Å². The number of hydrogen-bond donors (Lipinski definition) is 1. The van der Waals surface area contributed by atoms with Crippen LogP contribution >= 0.6 is 11.3 Å². The van der Waals surface area contributed by atoms with E-state index in [9.17, 15) is 18.0 Å². The number of rotatable bonds is 7. The molecule has 1 N–H and O–H groups in total. The van der Waals surface area contributed by atoms with E-state index < -0.39 is 16.0 Å². The summed E-state index contributed by atoms with van der Waals surface area (Å²) in [5.41, 5.74) is 2.94. The van der Waals surface area contributed by atoms with Crippen LogP contribution in [-0.4, -0.2) is 38.8 Å². The number of methoxy groups -OCH3 is 1. The van der Waals surface area contributed by atoms with Gasteiger partial charge in [-0.15, -0.1) is 17.9 Å². The number of carbonyl (C=O) groups is 2. The van der Waals surface area contributed by atoms with Gasteiger partial charge in [0, 0.05) is 17.8 Å². The Morgan fingerprint density at radius 1 is 1.32 bits per heavy atom. The van der Waals surface area contributed by atoms with Gasteiger partial charge in [0.2, 0.25) is 5.91 Å². The van der Waals surface area contributed by atoms with E-state index >= 15 is 0 Å². The third-order valence-corrected chi connectivity index (χ3v) is 8.52. The molecule has 1 aliphatic rings. The quantitative estimate of drug-likeness (QED) is 0.499. The second-order valence-electron chi connectivity index (χ2n) is 7.40. The summed E-state index contributed by atoms with van der Waals surface area (Å²) in [6.07, 6.45) is 3.03. The van der Waals surface area contributed by atoms with Crippen molar-refractivity contribution in [2.45, 2.75) is 43.9 Å². The van der Waals surface area contributed by atoms with Gasteiger partial charge in [0.25, 0.3) is 10.0 Å². The molecule has 0 fully saturated rings. The maximum absolute atomic E-state index is 13.3. The molecule has 0 unspecified atom stereocenters. The molecular weight excluding hydrogens is 436 g/mol. The summed E-state index contributed by atoms with van der Waals surface area (Å²) < 4.78 is 34.0. The maximum atomic E-state index is 13.3. The Hall–Kier alpha value is -2.65. The van der Waals surface area contributed by atoms with Crippen LogP contribution in [-0.2, 0) is 32.5 Å². The molecule has 0 radical (unpaired) electrons. The molecule has 0 saturated heterocycles. The highest BCUT2D eigenvalue weighted by molar-refractivity contribution is 7.94. The lowest BCUT2D eigenvalue weighted by molar-refractivity contribution is -0.131. The summed E-state index contributed by atoms with van der Waals surface area (Å²) in [7, 11) is -2.80. The molecule has 0 atom stereocenters. The van der Waals surface area contributed by atoms with Crippen molar-refractivity contribution >= 4 is 38.9 Å². The van der Waals surface area contributed by atoms with Gasteiger partial charge in [0.15, 0.2) is 4.21 Å². The van der Waals surface area contributed by atoms with Crippen LogP contribution in [0.25, 0.3) is 0 Å². The Balaban J connectivity index is 2.00. The zero-order chi connectivity index (χ0) is 22.8. The van der Waals surface area contributed by atoms with E-state index in [-0.39, 0.29) is 22.2 Å². The molecule has 0 saturated carbocycles. The minimum Gasteiger partial charge on any atom is -0.465 e. The number of sulfonamides is 1. The number of allylic oxidation sites excluding steroid dienone is 1. The van der Waals surface area contributed by atoms with E-state index in [0.717, 1.165) is 22.5 Å². The highest BCUT2D eigenvalue weighted by atomic mass is 32.2. The highest BCUT2D eigenvalue weighted by Crippen LogP contribution is 2.38. The predicted molar refractivity (Wildman–Crippen MR) is 121 cm³/mol. The lowest BCUT2D eigenvalue weighted by Gasteiger charge is -2.27. The molecule has 0 aliphatic carbocycles. The molecular formula is C22H26N2O5S2. The Kier molecular flexibility index (Phi) is 6.86. The fourth-order valence-corrected chi connectivity index (χ4v) is 6.55. The average molecular weight is 463 g/mol. The third kappa shape index (κ3) is 4.67. The monoisotopic (exact) mass is 462 g/mol. The van der Waals surface area contributed by atoms with Gasteiger partial charge < -0.3 is 9.64 Å². The van der Waals surface area contributed by atoms with Crippen LogP contribution in [0.3, 0.4) is 0 Å². The number of hydrogen-bond acceptors (Lipinski definition) is 6. The van der Waals surface area contributed by atoms with E-state index in [2.05, 4.69) is 11.3 Å². The van der Waals surface area contributed by atoms with Crippen LogP contribution in [0.4, 0.5) is 5.69 Å². The van der Waals surface area contributed by atoms with Crippen molar-refractivity contribution in [3.8, 4) is 0 Å². The van der Waals surface area contributed by atoms with Crippen molar-refractivity contribution in [1.29, 1.82) is 0 Å². The summed E-state index contributed by atoms with van der Waals surface area (Å²) in [6.45, 7) is 8.07. The molecule has 1 aliphatic heterocycles. The van der Waals surface area contributed by atoms with Gasteiger partial charge in [-0.05, 0) is 49.4 Å². The van der Waals surface area contributed by atoms with Gasteiger partial charge in [-0.1, -0.05) is 18.2 Å². The number of benzene rings is 1. The molecule has 2 heterocycles. The first-order valence-corrected chi connectivity index (χ1v) is 12.2. The van der Waals surface area contributed by atoms with Crippen molar-refractivity contribution < 1.29 is 22.7 Å². The fourth-order valence-electron chi connectivity index (χ4n) is 3.53. The Morgan fingerprint density at radius 2 is 2.06 bits per heavy atom. The maximum Gasteiger partial charge on any atom is 0.340 e. The fraction of sp³-hybridized carbons (Fsp3) is 0.364. The summed E-state index contributed by atoms with van der Waals surface area (Å²) in [6, 6.07) is 5.35. The third-order valence-electron chi connectivity index (χ3n) is 5.42. The number of esters is 1. The number of aryl methyl sites for hydroxylation is 1. The summed E-state index contributed by atoms with van der Waals surface area (Å²) in [4.78, 5) is 27.3. The van der Waals surface area contributed by atoms with Crippen LogP contribution in [0.15, 0.2) is 35.1 Å². The van der Waals surface area contributed by atoms with Crippen molar-refractivity contribution in [1.82, 2.24) is 4.90 Å². The number of thiophene rings is 1. The van der Waals surface area contributed by atoms with Crippen molar-refractivity contribution in [2.75, 3.05) is 18.4 Å². The molecule has 3 rings (SSSR count). The predicted octanol–water partition coefficient (Wildman–Crippen LogP) is 3.80. The number of ether oxygens (including phenoxy) is 1. The zero-order valence-electron chi connectivity index (χ0n) is 17.9. The highest BCUT2D eigenvalue weighted by Gasteiger charge is 2.35. The minimum absolute atomic E-state index is 0.0171. The van der Waals surface area contributed by atoms with Gasteiger partial charge in [0.05, 0.1) is 24.9 Å². The summed E-state index contributed by atoms with van der Waals surface area (Å²) in [5.74, 6) is -0.707. The molecule has 9 heteroatoms. The largest absolute Gasteiger partial charge is 0.465 e. The van der Waals surface area contributed by atoms with E-state index in [1.54, 1.807) is 23.1 Å². The minimum atomic E-state index is -4.03. The standard InChI is InChI=1S/C22H26N2O5S2/c1-5-6-10-19(25)24-12-11-16-18(13-24)30-22(20(16)21(26)29-4)31(27,28)23-17-9-7-8-14(2)15(17)3/h5,7-9,23H,1,6,10-13H2,2-4H3. The summed E-state index contributed by atoms with van der Waals surface area (Å²) in [5, 5.41) is 0. The van der Waals surface area contributed by atoms with Crippen LogP contribution in [0.2, 0.25) is 0 Å². The molecule has 0 spiro atoms. The molecule has 166 valence electrons. The lowest BCUT2D eigenvalue weighted by Crippen LogP contribution is -2.35. The first kappa shape index (κ1) is 23.0. The van der Waals surface area contributed by atoms with Gasteiger partial charge in [0.1, 0.15) is 0 Å². The van der Waals surface area contributed by atoms with E-state index in [1.807, 2.05) is 19.9 Å². The van der Waals surface area contributed by atoms with Crippen molar-refractivity contribution in [2.24, 2.45) is 0 Å². The zero-order valence-corrected chi connectivity index (χ0v) is 19.5. The van der Waals surface area contributed by atoms with Gasteiger partial charge in [-0.2, -0.15) is 0 Å². The number of amides is 1. The second kappa shape index (κ2) is 9.23. The Morgan fingerprint density at radius 3 is 2.74 bits per heavy atom. The number of nitrogens with one attached hydrogen (secondary N) is 1. The first-order valence-electron chi connectivity index (χ1n) is 9.90. The lowest BCUT2D eigenvalue weighted by atomic mass is 10.0. The van der Waals surface area contributed by atoms with Crippen LogP contribution < -0.4 is 4.72 Å². The molecule has 1 aromatic carbocycles. The van der Waals surface area contributed by atoms with E-state index in [1.165, 1.54) is 7.11 Å². The van der Waals surface area contributed by atoms with Gasteiger partial charge in [-0.25, -0.2) is 13.2 Å². The number of nitrogens with zero attached hydrogens (tertiary/aromatic N) is 1. The second-order valence-corrected chi connectivity index (χ2v) is 10.4. The number of anilines is 1. The van der Waals surface area contributed by atoms with Gasteiger partial charge >= 0.3 is 5.97 Å². The summed E-state index contributed by atoms with van der Waals surface area (Å²) >= 11 is 1.02. The molecule has 31 heavy (non-hydrogen) atoms. The SMILES string of the molecule is C=CCCC(=O)N1CCc2c(sc(S(=O)(=O)Nc3cccc(C)c3C)c2C(=O)OC)C1.